The van der Waals surface area contributed by atoms with Crippen LogP contribution in [0.4, 0.5) is 0 Å². The molecule has 3 aromatic rings. The lowest BCUT2D eigenvalue weighted by molar-refractivity contribution is -0.139. The van der Waals surface area contributed by atoms with Crippen LogP contribution in [0.5, 0.6) is 0 Å². The van der Waals surface area contributed by atoms with Crippen LogP contribution in [0.15, 0.2) is 42.6 Å². The van der Waals surface area contributed by atoms with Gasteiger partial charge in [0.2, 0.25) is 5.91 Å². The van der Waals surface area contributed by atoms with Crippen LogP contribution >= 0.6 is 0 Å². The minimum Gasteiger partial charge on any atom is -0.370 e. The van der Waals surface area contributed by atoms with Crippen LogP contribution in [0.1, 0.15) is 23.8 Å². The van der Waals surface area contributed by atoms with Gasteiger partial charge in [0.25, 0.3) is 0 Å². The Bertz CT molecular complexity index is 923. The van der Waals surface area contributed by atoms with E-state index in [4.69, 9.17) is 4.74 Å². The number of carbonyl (C=O) groups is 1. The highest BCUT2D eigenvalue weighted by Crippen LogP contribution is 2.23. The fourth-order valence-corrected chi connectivity index (χ4v) is 3.29. The van der Waals surface area contributed by atoms with E-state index in [2.05, 4.69) is 15.3 Å². The van der Waals surface area contributed by atoms with Gasteiger partial charge >= 0.3 is 0 Å². The molecule has 1 saturated heterocycles. The first-order valence-corrected chi connectivity index (χ1v) is 8.81. The van der Waals surface area contributed by atoms with Gasteiger partial charge < -0.3 is 9.64 Å². The maximum Gasteiger partial charge on any atom is 0.224 e. The number of pyridine rings is 1. The number of benzene rings is 1. The Kier molecular flexibility index (Phi) is 4.62. The molecule has 1 aromatic carbocycles. The van der Waals surface area contributed by atoms with Crippen molar-refractivity contribution in [3.8, 4) is 0 Å². The summed E-state index contributed by atoms with van der Waals surface area (Å²) in [6.45, 7) is 4.22. The number of ether oxygens (including phenoxy) is 1. The number of hydrogen-bond donors (Lipinski definition) is 0. The largest absolute Gasteiger partial charge is 0.370 e. The molecule has 1 aliphatic rings. The van der Waals surface area contributed by atoms with Crippen LogP contribution in [-0.4, -0.2) is 50.5 Å². The molecule has 7 nitrogen and oxygen atoms in total. The van der Waals surface area contributed by atoms with E-state index in [0.717, 1.165) is 22.3 Å². The van der Waals surface area contributed by atoms with Crippen molar-refractivity contribution in [3.63, 3.8) is 0 Å². The summed E-state index contributed by atoms with van der Waals surface area (Å²) < 4.78 is 7.65. The van der Waals surface area contributed by atoms with E-state index in [1.807, 2.05) is 48.2 Å². The SMILES string of the molecule is Cc1cc([C@@H]2CN(C(=O)CCn3nnc4ccccc43)CCO2)ccn1. The summed E-state index contributed by atoms with van der Waals surface area (Å²) in [5.41, 5.74) is 3.82. The van der Waals surface area contributed by atoms with Crippen molar-refractivity contribution in [1.82, 2.24) is 24.9 Å². The highest BCUT2D eigenvalue weighted by molar-refractivity contribution is 5.77. The van der Waals surface area contributed by atoms with E-state index >= 15 is 0 Å². The summed E-state index contributed by atoms with van der Waals surface area (Å²) in [5.74, 6) is 0.114. The second kappa shape index (κ2) is 7.21. The van der Waals surface area contributed by atoms with Gasteiger partial charge in [-0.25, -0.2) is 4.68 Å². The Labute approximate surface area is 151 Å². The van der Waals surface area contributed by atoms with E-state index in [0.29, 0.717) is 32.7 Å². The standard InChI is InChI=1S/C19H21N5O2/c1-14-12-15(6-8-20-14)18-13-23(10-11-26-18)19(25)7-9-24-17-5-3-2-4-16(17)21-22-24/h2-6,8,12,18H,7,9-11,13H2,1H3/t18-/m0/s1. The summed E-state index contributed by atoms with van der Waals surface area (Å²) in [5, 5.41) is 8.28. The summed E-state index contributed by atoms with van der Waals surface area (Å²) in [4.78, 5) is 18.8. The number of hydrogen-bond acceptors (Lipinski definition) is 5. The number of morpholine rings is 1. The highest BCUT2D eigenvalue weighted by Gasteiger charge is 2.25. The number of fused-ring (bicyclic) bond motifs is 1. The number of aromatic nitrogens is 4. The van der Waals surface area contributed by atoms with Gasteiger partial charge in [-0.15, -0.1) is 5.10 Å². The van der Waals surface area contributed by atoms with Crippen LogP contribution in [0.25, 0.3) is 11.0 Å². The van der Waals surface area contributed by atoms with Gasteiger partial charge in [-0.05, 0) is 36.8 Å². The zero-order valence-corrected chi connectivity index (χ0v) is 14.7. The van der Waals surface area contributed by atoms with Crippen molar-refractivity contribution in [2.75, 3.05) is 19.7 Å². The Morgan fingerprint density at radius 3 is 3.08 bits per heavy atom. The first kappa shape index (κ1) is 16.7. The predicted molar refractivity (Wildman–Crippen MR) is 96.4 cm³/mol. The molecule has 1 fully saturated rings. The van der Waals surface area contributed by atoms with Gasteiger partial charge in [0, 0.05) is 24.9 Å². The number of rotatable bonds is 4. The van der Waals surface area contributed by atoms with E-state index < -0.39 is 0 Å². The summed E-state index contributed by atoms with van der Waals surface area (Å²) in [6, 6.07) is 11.7. The molecular weight excluding hydrogens is 330 g/mol. The zero-order valence-electron chi connectivity index (χ0n) is 14.7. The molecule has 1 atom stereocenters. The lowest BCUT2D eigenvalue weighted by atomic mass is 10.1. The average Bonchev–Trinajstić information content (AvgIpc) is 3.09. The molecule has 134 valence electrons. The fraction of sp³-hybridized carbons (Fsp3) is 0.368. The molecule has 1 aliphatic heterocycles. The van der Waals surface area contributed by atoms with Gasteiger partial charge in [0.05, 0.1) is 25.2 Å². The van der Waals surface area contributed by atoms with Crippen LogP contribution in [0.2, 0.25) is 0 Å². The number of carbonyl (C=O) groups excluding carboxylic acids is 1. The third-order valence-corrected chi connectivity index (χ3v) is 4.67. The van der Waals surface area contributed by atoms with Crippen molar-refractivity contribution in [1.29, 1.82) is 0 Å². The van der Waals surface area contributed by atoms with Crippen molar-refractivity contribution < 1.29 is 9.53 Å². The molecule has 0 aliphatic carbocycles. The molecule has 0 radical (unpaired) electrons. The summed E-state index contributed by atoms with van der Waals surface area (Å²) in [7, 11) is 0. The smallest absolute Gasteiger partial charge is 0.224 e. The molecule has 0 spiro atoms. The van der Waals surface area contributed by atoms with E-state index in [-0.39, 0.29) is 12.0 Å². The maximum absolute atomic E-state index is 12.7. The minimum atomic E-state index is -0.0957. The first-order valence-electron chi connectivity index (χ1n) is 8.81. The Hall–Kier alpha value is -2.80. The molecule has 0 saturated carbocycles. The molecule has 0 bridgehead atoms. The maximum atomic E-state index is 12.7. The molecule has 26 heavy (non-hydrogen) atoms. The second-order valence-electron chi connectivity index (χ2n) is 6.48. The van der Waals surface area contributed by atoms with Crippen LogP contribution in [-0.2, 0) is 16.1 Å². The number of aryl methyl sites for hydroxylation is 2. The number of para-hydroxylation sites is 1. The van der Waals surface area contributed by atoms with Crippen LogP contribution in [0, 0.1) is 6.92 Å². The molecular formula is C19H21N5O2. The highest BCUT2D eigenvalue weighted by atomic mass is 16.5. The molecule has 1 amide bonds. The molecule has 2 aromatic heterocycles. The quantitative estimate of drug-likeness (QED) is 0.720. The zero-order chi connectivity index (χ0) is 17.9. The number of nitrogens with zero attached hydrogens (tertiary/aromatic N) is 5. The van der Waals surface area contributed by atoms with Crippen LogP contribution in [0.3, 0.4) is 0 Å². The van der Waals surface area contributed by atoms with E-state index in [9.17, 15) is 4.79 Å². The molecule has 7 heteroatoms. The molecule has 0 N–H and O–H groups in total. The first-order chi connectivity index (χ1) is 12.7. The average molecular weight is 351 g/mol. The van der Waals surface area contributed by atoms with Crippen LogP contribution < -0.4 is 0 Å². The van der Waals surface area contributed by atoms with Crippen molar-refractivity contribution in [3.05, 3.63) is 53.9 Å². The van der Waals surface area contributed by atoms with Gasteiger partial charge in [-0.3, -0.25) is 9.78 Å². The third kappa shape index (κ3) is 3.43. The Balaban J connectivity index is 1.40. The van der Waals surface area contributed by atoms with Crippen molar-refractivity contribution in [2.24, 2.45) is 0 Å². The normalized spacial score (nSPS) is 17.6. The van der Waals surface area contributed by atoms with Crippen molar-refractivity contribution in [2.45, 2.75) is 26.0 Å². The molecule has 3 heterocycles. The van der Waals surface area contributed by atoms with Gasteiger partial charge in [-0.2, -0.15) is 0 Å². The minimum absolute atomic E-state index is 0.0957. The molecule has 0 unspecified atom stereocenters. The monoisotopic (exact) mass is 351 g/mol. The number of amides is 1. The van der Waals surface area contributed by atoms with E-state index in [1.165, 1.54) is 0 Å². The fourth-order valence-electron chi connectivity index (χ4n) is 3.29. The van der Waals surface area contributed by atoms with Gasteiger partial charge in [-0.1, -0.05) is 17.3 Å². The lowest BCUT2D eigenvalue weighted by Gasteiger charge is -2.33. The van der Waals surface area contributed by atoms with Gasteiger partial charge in [0.15, 0.2) is 0 Å². The predicted octanol–water partition coefficient (Wildman–Crippen LogP) is 2.12. The third-order valence-electron chi connectivity index (χ3n) is 4.67. The van der Waals surface area contributed by atoms with Gasteiger partial charge in [0.1, 0.15) is 11.6 Å². The topological polar surface area (TPSA) is 73.1 Å². The summed E-state index contributed by atoms with van der Waals surface area (Å²) in [6.07, 6.45) is 2.08. The second-order valence-corrected chi connectivity index (χ2v) is 6.48. The van der Waals surface area contributed by atoms with E-state index in [1.54, 1.807) is 10.9 Å². The summed E-state index contributed by atoms with van der Waals surface area (Å²) >= 11 is 0. The van der Waals surface area contributed by atoms with Crippen molar-refractivity contribution >= 4 is 16.9 Å². The lowest BCUT2D eigenvalue weighted by Crippen LogP contribution is -2.42. The molecule has 4 rings (SSSR count). The Morgan fingerprint density at radius 2 is 2.19 bits per heavy atom. The Morgan fingerprint density at radius 1 is 1.31 bits per heavy atom.